The number of hydrogen-bond acceptors (Lipinski definition) is 9. The van der Waals surface area contributed by atoms with Gasteiger partial charge in [-0.2, -0.15) is 0 Å². The maximum Gasteiger partial charge on any atom is 0.245 e. The summed E-state index contributed by atoms with van der Waals surface area (Å²) >= 11 is 1.51. The molecule has 3 unspecified atom stereocenters. The van der Waals surface area contributed by atoms with Gasteiger partial charge in [-0.3, -0.25) is 19.2 Å². The molecular weight excluding hydrogens is 717 g/mol. The van der Waals surface area contributed by atoms with Gasteiger partial charge in [-0.15, -0.1) is 11.3 Å². The summed E-state index contributed by atoms with van der Waals surface area (Å²) in [6.45, 7) is 13.1. The number of likely N-dealkylation sites (tertiary alicyclic amines) is 1. The number of aromatic nitrogens is 1. The van der Waals surface area contributed by atoms with Crippen LogP contribution in [0.3, 0.4) is 0 Å². The van der Waals surface area contributed by atoms with E-state index in [2.05, 4.69) is 34.8 Å². The first-order chi connectivity index (χ1) is 26.3. The molecule has 2 aromatic rings. The molecule has 3 heterocycles. The van der Waals surface area contributed by atoms with Crippen LogP contribution in [0.2, 0.25) is 0 Å². The number of nitrogens with zero attached hydrogens (tertiary/aromatic N) is 3. The van der Waals surface area contributed by atoms with Gasteiger partial charge in [0.2, 0.25) is 23.6 Å². The van der Waals surface area contributed by atoms with Crippen molar-refractivity contribution >= 4 is 35.0 Å². The predicted molar refractivity (Wildman–Crippen MR) is 216 cm³/mol. The van der Waals surface area contributed by atoms with Crippen LogP contribution >= 0.6 is 11.3 Å². The van der Waals surface area contributed by atoms with Crippen LogP contribution < -0.4 is 16.0 Å². The molecule has 0 spiro atoms. The van der Waals surface area contributed by atoms with Crippen LogP contribution in [0.4, 0.5) is 0 Å². The standard InChI is InChI=1S/C42H66N6O6S/c1-10-28(4)36(47(7)40(51)35(27(2)3)46-41(52)42(6)20-14-15-21-44-42)33(53-8)26-34(49)48-23-16-19-32(48)37(54-9)29(5)38(50)45-31(39-43-22-24-55-39)25-30-17-12-11-13-18-30/h11-13,17-18,22,24,27-29,31-33,35-37,44H,10,14-16,19-21,23,25-26H2,1-9H3,(H,45,50)(H,46,52)/t28-,29?,31-,32-,33?,35-,36-,37?,42-/m0/s1. The molecule has 2 aliphatic rings. The second-order valence-electron chi connectivity index (χ2n) is 16.1. The van der Waals surface area contributed by atoms with Crippen molar-refractivity contribution in [2.24, 2.45) is 17.8 Å². The number of piperidine rings is 1. The Morgan fingerprint density at radius 1 is 1.05 bits per heavy atom. The molecule has 1 aromatic carbocycles. The molecule has 9 atom stereocenters. The summed E-state index contributed by atoms with van der Waals surface area (Å²) in [6.07, 6.45) is 6.21. The summed E-state index contributed by atoms with van der Waals surface area (Å²) in [6, 6.07) is 8.25. The summed E-state index contributed by atoms with van der Waals surface area (Å²) in [7, 11) is 4.95. The van der Waals surface area contributed by atoms with Gasteiger partial charge in [-0.25, -0.2) is 4.98 Å². The molecule has 12 nitrogen and oxygen atoms in total. The molecule has 306 valence electrons. The van der Waals surface area contributed by atoms with E-state index in [0.29, 0.717) is 25.8 Å². The molecule has 3 N–H and O–H groups in total. The molecule has 0 saturated carbocycles. The topological polar surface area (TPSA) is 142 Å². The van der Waals surface area contributed by atoms with E-state index in [0.717, 1.165) is 42.8 Å². The first-order valence-electron chi connectivity index (χ1n) is 20.2. The molecule has 4 amide bonds. The average molecular weight is 783 g/mol. The molecule has 13 heteroatoms. The van der Waals surface area contributed by atoms with Gasteiger partial charge in [0.25, 0.3) is 0 Å². The lowest BCUT2D eigenvalue weighted by Gasteiger charge is -2.41. The normalized spacial score (nSPS) is 22.6. The third-order valence-electron chi connectivity index (χ3n) is 11.9. The van der Waals surface area contributed by atoms with Crippen molar-refractivity contribution in [3.63, 3.8) is 0 Å². The number of nitrogens with one attached hydrogen (secondary N) is 3. The van der Waals surface area contributed by atoms with Crippen LogP contribution in [0.5, 0.6) is 0 Å². The summed E-state index contributed by atoms with van der Waals surface area (Å²) < 4.78 is 12.1. The Morgan fingerprint density at radius 2 is 1.78 bits per heavy atom. The van der Waals surface area contributed by atoms with Crippen molar-refractivity contribution in [2.45, 2.75) is 135 Å². The summed E-state index contributed by atoms with van der Waals surface area (Å²) in [4.78, 5) is 64.1. The van der Waals surface area contributed by atoms with Crippen LogP contribution in [-0.2, 0) is 35.1 Å². The lowest BCUT2D eigenvalue weighted by atomic mass is 9.88. The number of likely N-dealkylation sites (N-methyl/N-ethyl adjacent to an activating group) is 1. The molecule has 0 bridgehead atoms. The molecule has 2 aliphatic heterocycles. The van der Waals surface area contributed by atoms with Crippen molar-refractivity contribution < 1.29 is 28.7 Å². The number of carbonyl (C=O) groups excluding carboxylic acids is 4. The van der Waals surface area contributed by atoms with E-state index in [1.165, 1.54) is 11.3 Å². The number of thiazole rings is 1. The van der Waals surface area contributed by atoms with E-state index in [9.17, 15) is 19.2 Å². The van der Waals surface area contributed by atoms with Crippen LogP contribution in [0.25, 0.3) is 0 Å². The third kappa shape index (κ3) is 11.1. The molecule has 1 aromatic heterocycles. The minimum absolute atomic E-state index is 0.000717. The Bertz CT molecular complexity index is 1520. The van der Waals surface area contributed by atoms with Crippen LogP contribution in [0.15, 0.2) is 41.9 Å². The zero-order chi connectivity index (χ0) is 40.3. The van der Waals surface area contributed by atoms with Gasteiger partial charge < -0.3 is 35.2 Å². The number of methoxy groups -OCH3 is 2. The molecular formula is C42H66N6O6S. The van der Waals surface area contributed by atoms with Crippen molar-refractivity contribution in [2.75, 3.05) is 34.4 Å². The molecule has 4 rings (SSSR count). The highest BCUT2D eigenvalue weighted by Crippen LogP contribution is 2.31. The SMILES string of the molecule is CC[C@H](C)[C@@H](C(CC(=O)N1CCC[C@H]1C(OC)C(C)C(=O)N[C@@H](Cc1ccccc1)c1nccs1)OC)N(C)C(=O)[C@@H](NC(=O)[C@]1(C)CCCCN1)C(C)C. The van der Waals surface area contributed by atoms with Crippen LogP contribution in [0.1, 0.15) is 103 Å². The van der Waals surface area contributed by atoms with Crippen molar-refractivity contribution in [3.05, 3.63) is 52.5 Å². The highest BCUT2D eigenvalue weighted by Gasteiger charge is 2.44. The molecule has 2 fully saturated rings. The Hall–Kier alpha value is -3.39. The minimum atomic E-state index is -0.737. The molecule has 2 saturated heterocycles. The zero-order valence-electron chi connectivity index (χ0n) is 34.5. The number of ether oxygens (including phenoxy) is 2. The summed E-state index contributed by atoms with van der Waals surface area (Å²) in [5.74, 6) is -1.34. The van der Waals surface area contributed by atoms with Crippen LogP contribution in [0, 0.1) is 17.8 Å². The van der Waals surface area contributed by atoms with E-state index in [4.69, 9.17) is 9.47 Å². The highest BCUT2D eigenvalue weighted by molar-refractivity contribution is 7.09. The molecule has 0 aliphatic carbocycles. The molecule has 55 heavy (non-hydrogen) atoms. The van der Waals surface area contributed by atoms with E-state index in [-0.39, 0.29) is 54.0 Å². The van der Waals surface area contributed by atoms with Gasteiger partial charge in [-0.1, -0.05) is 71.4 Å². The second kappa shape index (κ2) is 20.7. The minimum Gasteiger partial charge on any atom is -0.379 e. The second-order valence-corrected chi connectivity index (χ2v) is 17.0. The van der Waals surface area contributed by atoms with Gasteiger partial charge in [0, 0.05) is 39.4 Å². The summed E-state index contributed by atoms with van der Waals surface area (Å²) in [5.41, 5.74) is 0.370. The van der Waals surface area contributed by atoms with E-state index >= 15 is 0 Å². The fraction of sp³-hybridized carbons (Fsp3) is 0.690. The quantitative estimate of drug-likeness (QED) is 0.178. The fourth-order valence-corrected chi connectivity index (χ4v) is 9.04. The zero-order valence-corrected chi connectivity index (χ0v) is 35.3. The number of rotatable bonds is 19. The first-order valence-corrected chi connectivity index (χ1v) is 21.1. The van der Waals surface area contributed by atoms with Gasteiger partial charge in [0.05, 0.1) is 48.2 Å². The van der Waals surface area contributed by atoms with E-state index < -0.39 is 35.7 Å². The van der Waals surface area contributed by atoms with E-state index in [1.807, 2.05) is 68.3 Å². The Labute approximate surface area is 332 Å². The maximum absolute atomic E-state index is 14.3. The Morgan fingerprint density at radius 3 is 2.36 bits per heavy atom. The maximum atomic E-state index is 14.3. The van der Waals surface area contributed by atoms with Gasteiger partial charge in [0.15, 0.2) is 0 Å². The van der Waals surface area contributed by atoms with E-state index in [1.54, 1.807) is 32.4 Å². The van der Waals surface area contributed by atoms with Gasteiger partial charge >= 0.3 is 0 Å². The number of hydrogen-bond donors (Lipinski definition) is 3. The lowest BCUT2D eigenvalue weighted by Crippen LogP contribution is -2.63. The van der Waals surface area contributed by atoms with Crippen molar-refractivity contribution in [1.82, 2.24) is 30.7 Å². The predicted octanol–water partition coefficient (Wildman–Crippen LogP) is 5.14. The molecule has 0 radical (unpaired) electrons. The van der Waals surface area contributed by atoms with Crippen molar-refractivity contribution in [1.29, 1.82) is 0 Å². The average Bonchev–Trinajstić information content (AvgIpc) is 3.90. The summed E-state index contributed by atoms with van der Waals surface area (Å²) in [5, 5.41) is 12.4. The monoisotopic (exact) mass is 782 g/mol. The highest BCUT2D eigenvalue weighted by atomic mass is 32.1. The number of benzene rings is 1. The largest absolute Gasteiger partial charge is 0.379 e. The van der Waals surface area contributed by atoms with Crippen LogP contribution in [-0.4, -0.2) is 109 Å². The lowest BCUT2D eigenvalue weighted by molar-refractivity contribution is -0.148. The smallest absolute Gasteiger partial charge is 0.245 e. The first kappa shape index (κ1) is 44.3. The Kier molecular flexibility index (Phi) is 16.7. The third-order valence-corrected chi connectivity index (χ3v) is 12.8. The Balaban J connectivity index is 1.47. The van der Waals surface area contributed by atoms with Crippen molar-refractivity contribution in [3.8, 4) is 0 Å². The number of carbonyl (C=O) groups is 4. The number of amides is 4. The fourth-order valence-electron chi connectivity index (χ4n) is 8.35. The van der Waals surface area contributed by atoms with Gasteiger partial charge in [-0.05, 0) is 69.4 Å². The van der Waals surface area contributed by atoms with Gasteiger partial charge in [0.1, 0.15) is 11.0 Å².